The van der Waals surface area contributed by atoms with Crippen LogP contribution in [0, 0.1) is 11.3 Å². The van der Waals surface area contributed by atoms with Gasteiger partial charge in [-0.3, -0.25) is 4.79 Å². The van der Waals surface area contributed by atoms with Crippen molar-refractivity contribution in [2.45, 2.75) is 71.3 Å². The van der Waals surface area contributed by atoms with E-state index in [1.165, 1.54) is 38.5 Å². The van der Waals surface area contributed by atoms with Gasteiger partial charge in [0.25, 0.3) is 0 Å². The van der Waals surface area contributed by atoms with E-state index in [-0.39, 0.29) is 35.8 Å². The summed E-state index contributed by atoms with van der Waals surface area (Å²) in [6.07, 6.45) is 10.6. The maximum absolute atomic E-state index is 12.4. The number of halogens is 1. The number of anilines is 1. The number of rotatable bonds is 10. The first kappa shape index (κ1) is 26.9. The van der Waals surface area contributed by atoms with Crippen molar-refractivity contribution in [1.82, 2.24) is 10.6 Å². The molecule has 3 N–H and O–H groups in total. The molecule has 0 unspecified atom stereocenters. The minimum atomic E-state index is 0. The predicted molar refractivity (Wildman–Crippen MR) is 143 cm³/mol. The lowest BCUT2D eigenvalue weighted by Gasteiger charge is -2.30. The van der Waals surface area contributed by atoms with Gasteiger partial charge < -0.3 is 20.7 Å². The lowest BCUT2D eigenvalue weighted by atomic mass is 9.83. The molecule has 0 aromatic heterocycles. The number of guanidine groups is 1. The van der Waals surface area contributed by atoms with E-state index in [1.807, 2.05) is 18.2 Å². The Morgan fingerprint density at radius 1 is 1.16 bits per heavy atom. The molecule has 0 atom stereocenters. The number of ether oxygens (including phenoxy) is 1. The molecule has 0 radical (unpaired) electrons. The van der Waals surface area contributed by atoms with Crippen LogP contribution in [-0.4, -0.2) is 38.7 Å². The first-order valence-corrected chi connectivity index (χ1v) is 12.0. The van der Waals surface area contributed by atoms with Crippen molar-refractivity contribution < 1.29 is 9.53 Å². The highest BCUT2D eigenvalue weighted by Crippen LogP contribution is 2.40. The van der Waals surface area contributed by atoms with Crippen molar-refractivity contribution >= 4 is 41.5 Å². The Morgan fingerprint density at radius 3 is 2.59 bits per heavy atom. The van der Waals surface area contributed by atoms with Gasteiger partial charge in [-0.2, -0.15) is 0 Å². The second-order valence-corrected chi connectivity index (χ2v) is 9.17. The summed E-state index contributed by atoms with van der Waals surface area (Å²) in [6, 6.07) is 8.06. The van der Waals surface area contributed by atoms with Crippen LogP contribution in [-0.2, 0) is 16.1 Å². The first-order chi connectivity index (χ1) is 15.1. The van der Waals surface area contributed by atoms with Crippen LogP contribution in [0.5, 0.6) is 0 Å². The molecule has 0 heterocycles. The Bertz CT molecular complexity index is 728. The van der Waals surface area contributed by atoms with E-state index in [2.05, 4.69) is 28.9 Å². The van der Waals surface area contributed by atoms with Gasteiger partial charge in [-0.05, 0) is 62.1 Å². The van der Waals surface area contributed by atoms with E-state index >= 15 is 0 Å². The van der Waals surface area contributed by atoms with E-state index in [0.717, 1.165) is 56.2 Å². The summed E-state index contributed by atoms with van der Waals surface area (Å²) in [7, 11) is 1.78. The number of amides is 1. The molecule has 0 bridgehead atoms. The number of carbonyl (C=O) groups excluding carboxylic acids is 1. The highest BCUT2D eigenvalue weighted by atomic mass is 127. The summed E-state index contributed by atoms with van der Waals surface area (Å²) < 4.78 is 5.36. The Morgan fingerprint density at radius 2 is 1.91 bits per heavy atom. The van der Waals surface area contributed by atoms with E-state index in [1.54, 1.807) is 7.11 Å². The summed E-state index contributed by atoms with van der Waals surface area (Å²) in [5.41, 5.74) is 2.28. The van der Waals surface area contributed by atoms with Gasteiger partial charge >= 0.3 is 0 Å². The van der Waals surface area contributed by atoms with E-state index in [9.17, 15) is 4.79 Å². The highest BCUT2D eigenvalue weighted by molar-refractivity contribution is 14.0. The van der Waals surface area contributed by atoms with Crippen molar-refractivity contribution in [3.63, 3.8) is 0 Å². The zero-order valence-electron chi connectivity index (χ0n) is 19.8. The lowest BCUT2D eigenvalue weighted by Crippen LogP contribution is -2.43. The smallest absolute Gasteiger partial charge is 0.227 e. The molecule has 1 amide bonds. The average molecular weight is 557 g/mol. The molecule has 2 aliphatic rings. The molecule has 3 rings (SSSR count). The normalized spacial score (nSPS) is 18.2. The van der Waals surface area contributed by atoms with Gasteiger partial charge in [0.2, 0.25) is 5.91 Å². The fourth-order valence-electron chi connectivity index (χ4n) is 4.92. The van der Waals surface area contributed by atoms with Crippen molar-refractivity contribution in [2.75, 3.05) is 32.1 Å². The van der Waals surface area contributed by atoms with Gasteiger partial charge in [-0.1, -0.05) is 37.8 Å². The SMILES string of the molecule is CCNC(=NCc1cccc(NC(=O)C2CCCC2)c1)NCC1(CCOC)CCCC1.I. The van der Waals surface area contributed by atoms with Crippen LogP contribution < -0.4 is 16.0 Å². The third kappa shape index (κ3) is 8.21. The topological polar surface area (TPSA) is 74.8 Å². The minimum absolute atomic E-state index is 0. The minimum Gasteiger partial charge on any atom is -0.385 e. The van der Waals surface area contributed by atoms with Crippen molar-refractivity contribution in [3.8, 4) is 0 Å². The summed E-state index contributed by atoms with van der Waals surface area (Å²) in [5, 5.41) is 10.0. The van der Waals surface area contributed by atoms with Crippen LogP contribution in [0.3, 0.4) is 0 Å². The first-order valence-electron chi connectivity index (χ1n) is 12.0. The molecular weight excluding hydrogens is 515 g/mol. The van der Waals surface area contributed by atoms with Gasteiger partial charge in [-0.15, -0.1) is 24.0 Å². The molecular formula is C25H41IN4O2. The summed E-state index contributed by atoms with van der Waals surface area (Å²) in [6.45, 7) is 5.24. The average Bonchev–Trinajstić information content (AvgIpc) is 3.48. The maximum atomic E-state index is 12.4. The van der Waals surface area contributed by atoms with Gasteiger partial charge in [0.1, 0.15) is 0 Å². The molecule has 1 aromatic carbocycles. The van der Waals surface area contributed by atoms with Gasteiger partial charge in [-0.25, -0.2) is 4.99 Å². The van der Waals surface area contributed by atoms with Crippen LogP contribution >= 0.6 is 24.0 Å². The lowest BCUT2D eigenvalue weighted by molar-refractivity contribution is -0.119. The van der Waals surface area contributed by atoms with Crippen LogP contribution in [0.4, 0.5) is 5.69 Å². The molecule has 6 nitrogen and oxygen atoms in total. The third-order valence-electron chi connectivity index (χ3n) is 6.82. The van der Waals surface area contributed by atoms with Crippen LogP contribution in [0.1, 0.15) is 70.3 Å². The Labute approximate surface area is 210 Å². The fraction of sp³-hybridized carbons (Fsp3) is 0.680. The molecule has 0 saturated heterocycles. The number of benzene rings is 1. The van der Waals surface area contributed by atoms with Crippen molar-refractivity contribution in [2.24, 2.45) is 16.3 Å². The quantitative estimate of drug-likeness (QED) is 0.213. The van der Waals surface area contributed by atoms with Crippen LogP contribution in [0.15, 0.2) is 29.3 Å². The maximum Gasteiger partial charge on any atom is 0.227 e. The van der Waals surface area contributed by atoms with E-state index in [0.29, 0.717) is 12.0 Å². The molecule has 180 valence electrons. The van der Waals surface area contributed by atoms with Gasteiger partial charge in [0, 0.05) is 38.4 Å². The van der Waals surface area contributed by atoms with Gasteiger partial charge in [0.05, 0.1) is 6.54 Å². The zero-order valence-corrected chi connectivity index (χ0v) is 22.1. The number of nitrogens with zero attached hydrogens (tertiary/aromatic N) is 1. The Kier molecular flexibility index (Phi) is 11.8. The van der Waals surface area contributed by atoms with Crippen LogP contribution in [0.2, 0.25) is 0 Å². The molecule has 2 aliphatic carbocycles. The molecule has 2 saturated carbocycles. The summed E-state index contributed by atoms with van der Waals surface area (Å²) in [5.74, 6) is 1.19. The molecule has 2 fully saturated rings. The second-order valence-electron chi connectivity index (χ2n) is 9.17. The number of hydrogen-bond donors (Lipinski definition) is 3. The number of methoxy groups -OCH3 is 1. The Hall–Kier alpha value is -1.35. The monoisotopic (exact) mass is 556 g/mol. The largest absolute Gasteiger partial charge is 0.385 e. The highest BCUT2D eigenvalue weighted by Gasteiger charge is 2.33. The van der Waals surface area contributed by atoms with Crippen LogP contribution in [0.25, 0.3) is 0 Å². The zero-order chi connectivity index (χ0) is 21.9. The van der Waals surface area contributed by atoms with E-state index in [4.69, 9.17) is 9.73 Å². The standard InChI is InChI=1S/C25H40N4O2.HI/c1-3-26-24(28-19-25(15-16-31-2)13-6-7-14-25)27-18-20-9-8-12-22(17-20)29-23(30)21-10-4-5-11-21;/h8-9,12,17,21H,3-7,10-11,13-16,18-19H2,1-2H3,(H,29,30)(H2,26,27,28);1H. The Balaban J connectivity index is 0.00000363. The summed E-state index contributed by atoms with van der Waals surface area (Å²) in [4.78, 5) is 17.2. The van der Waals surface area contributed by atoms with E-state index < -0.39 is 0 Å². The van der Waals surface area contributed by atoms with Gasteiger partial charge in [0.15, 0.2) is 5.96 Å². The molecule has 7 heteroatoms. The van der Waals surface area contributed by atoms with Crippen molar-refractivity contribution in [3.05, 3.63) is 29.8 Å². The third-order valence-corrected chi connectivity index (χ3v) is 6.82. The molecule has 32 heavy (non-hydrogen) atoms. The molecule has 0 aliphatic heterocycles. The number of aliphatic imine (C=N–C) groups is 1. The molecule has 1 aromatic rings. The molecule has 0 spiro atoms. The fourth-order valence-corrected chi connectivity index (χ4v) is 4.92. The number of carbonyl (C=O) groups is 1. The number of nitrogens with one attached hydrogen (secondary N) is 3. The predicted octanol–water partition coefficient (Wildman–Crippen LogP) is 5.09. The summed E-state index contributed by atoms with van der Waals surface area (Å²) >= 11 is 0. The number of hydrogen-bond acceptors (Lipinski definition) is 3. The van der Waals surface area contributed by atoms with Crippen molar-refractivity contribution in [1.29, 1.82) is 0 Å². The second kappa shape index (κ2) is 14.0.